The van der Waals surface area contributed by atoms with Crippen LogP contribution in [0, 0.1) is 6.92 Å². The molecule has 0 saturated carbocycles. The highest BCUT2D eigenvalue weighted by Gasteiger charge is 2.40. The Morgan fingerprint density at radius 2 is 1.59 bits per heavy atom. The molecular formula is C22H29NO3S5Si. The number of para-hydroxylation sites is 1. The molecule has 0 saturated heterocycles. The molecule has 0 spiro atoms. The molecule has 3 aromatic rings. The zero-order chi connectivity index (χ0) is 22.8. The molecule has 10 heteroatoms. The van der Waals surface area contributed by atoms with Gasteiger partial charge in [-0.05, 0) is 99.1 Å². The van der Waals surface area contributed by atoms with E-state index in [1.807, 2.05) is 26.8 Å². The van der Waals surface area contributed by atoms with Crippen molar-refractivity contribution >= 4 is 71.6 Å². The van der Waals surface area contributed by atoms with Crippen molar-refractivity contribution in [2.24, 2.45) is 0 Å². The number of hydrogen-bond donors (Lipinski definition) is 0. The molecule has 0 N–H and O–H groups in total. The standard InChI is InChI=1S/C22H29NO3S5Si/c1-5-24-32(25-6-2,26-7-3)15-14-18-16-17(4)12-13-20(18)28-30-31-29-22-23-19-10-8-9-11-21(19)27-22/h8-13,16H,5-7,14-15H2,1-4H3. The first-order valence-corrected chi connectivity index (χ1v) is 18.2. The monoisotopic (exact) mass is 543 g/mol. The summed E-state index contributed by atoms with van der Waals surface area (Å²) >= 11 is 1.74. The van der Waals surface area contributed by atoms with Crippen molar-refractivity contribution in [3.05, 3.63) is 53.6 Å². The lowest BCUT2D eigenvalue weighted by atomic mass is 10.1. The minimum absolute atomic E-state index is 0.608. The molecule has 0 unspecified atom stereocenters. The number of aryl methyl sites for hydroxylation is 2. The van der Waals surface area contributed by atoms with Crippen molar-refractivity contribution in [3.63, 3.8) is 0 Å². The molecule has 1 aromatic heterocycles. The lowest BCUT2D eigenvalue weighted by Gasteiger charge is -2.28. The van der Waals surface area contributed by atoms with Crippen LogP contribution in [0.2, 0.25) is 6.04 Å². The van der Waals surface area contributed by atoms with Gasteiger partial charge in [0, 0.05) is 30.8 Å². The number of benzene rings is 2. The van der Waals surface area contributed by atoms with Gasteiger partial charge in [-0.15, -0.1) is 11.3 Å². The predicted octanol–water partition coefficient (Wildman–Crippen LogP) is 8.29. The molecule has 0 radical (unpaired) electrons. The second-order valence-corrected chi connectivity index (χ2v) is 16.6. The fraction of sp³-hybridized carbons (Fsp3) is 0.409. The van der Waals surface area contributed by atoms with Crippen molar-refractivity contribution in [2.75, 3.05) is 19.8 Å². The normalized spacial score (nSPS) is 12.0. The highest BCUT2D eigenvalue weighted by Crippen LogP contribution is 2.51. The van der Waals surface area contributed by atoms with Crippen molar-refractivity contribution in [1.29, 1.82) is 0 Å². The number of rotatable bonds is 14. The Morgan fingerprint density at radius 3 is 2.28 bits per heavy atom. The number of fused-ring (bicyclic) bond motifs is 1. The van der Waals surface area contributed by atoms with E-state index in [4.69, 9.17) is 18.3 Å². The Morgan fingerprint density at radius 1 is 0.906 bits per heavy atom. The molecule has 1 heterocycles. The van der Waals surface area contributed by atoms with Crippen molar-refractivity contribution < 1.29 is 13.3 Å². The third-order valence-corrected chi connectivity index (χ3v) is 15.1. The minimum atomic E-state index is -2.65. The van der Waals surface area contributed by atoms with Crippen LogP contribution in [0.1, 0.15) is 31.9 Å². The first-order chi connectivity index (χ1) is 15.6. The summed E-state index contributed by atoms with van der Waals surface area (Å²) in [5.41, 5.74) is 3.66. The average Bonchev–Trinajstić information content (AvgIpc) is 3.20. The molecule has 32 heavy (non-hydrogen) atoms. The van der Waals surface area contributed by atoms with Crippen LogP contribution in [0.15, 0.2) is 51.7 Å². The van der Waals surface area contributed by atoms with Crippen molar-refractivity contribution in [2.45, 2.75) is 49.4 Å². The molecule has 0 aliphatic carbocycles. The van der Waals surface area contributed by atoms with Gasteiger partial charge in [0.1, 0.15) is 0 Å². The van der Waals surface area contributed by atoms with E-state index >= 15 is 0 Å². The summed E-state index contributed by atoms with van der Waals surface area (Å²) in [6, 6.07) is 15.7. The van der Waals surface area contributed by atoms with E-state index in [9.17, 15) is 0 Å². The fourth-order valence-electron chi connectivity index (χ4n) is 3.25. The summed E-state index contributed by atoms with van der Waals surface area (Å²) in [4.78, 5) is 5.98. The molecule has 4 nitrogen and oxygen atoms in total. The second-order valence-electron chi connectivity index (χ2n) is 6.84. The van der Waals surface area contributed by atoms with Gasteiger partial charge in [0.05, 0.1) is 10.2 Å². The zero-order valence-corrected chi connectivity index (χ0v) is 23.9. The van der Waals surface area contributed by atoms with Gasteiger partial charge < -0.3 is 13.3 Å². The molecule has 0 bridgehead atoms. The number of aromatic nitrogens is 1. The predicted molar refractivity (Wildman–Crippen MR) is 147 cm³/mol. The maximum atomic E-state index is 6.04. The minimum Gasteiger partial charge on any atom is -0.374 e. The van der Waals surface area contributed by atoms with E-state index in [1.54, 1.807) is 52.6 Å². The highest BCUT2D eigenvalue weighted by molar-refractivity contribution is 9.26. The molecule has 2 aromatic carbocycles. The molecule has 0 amide bonds. The summed E-state index contributed by atoms with van der Waals surface area (Å²) in [5.74, 6) is 0. The number of hydrogen-bond acceptors (Lipinski definition) is 9. The Balaban J connectivity index is 1.59. The number of nitrogens with zero attached hydrogens (tertiary/aromatic N) is 1. The Labute approximate surface area is 211 Å². The van der Waals surface area contributed by atoms with Crippen LogP contribution in [0.5, 0.6) is 0 Å². The highest BCUT2D eigenvalue weighted by atomic mass is 33.7. The van der Waals surface area contributed by atoms with Gasteiger partial charge in [-0.2, -0.15) is 0 Å². The largest absolute Gasteiger partial charge is 0.501 e. The van der Waals surface area contributed by atoms with Crippen LogP contribution in [0.25, 0.3) is 10.2 Å². The summed E-state index contributed by atoms with van der Waals surface area (Å²) in [5, 5.41) is 0. The Kier molecular flexibility index (Phi) is 11.3. The molecule has 174 valence electrons. The lowest BCUT2D eigenvalue weighted by molar-refractivity contribution is 0.0714. The van der Waals surface area contributed by atoms with Crippen molar-refractivity contribution in [3.8, 4) is 0 Å². The molecule has 0 aliphatic rings. The zero-order valence-electron chi connectivity index (χ0n) is 18.8. The summed E-state index contributed by atoms with van der Waals surface area (Å²) in [6.45, 7) is 9.98. The second kappa shape index (κ2) is 13.6. The summed E-state index contributed by atoms with van der Waals surface area (Å²) in [7, 11) is 4.41. The molecular weight excluding hydrogens is 515 g/mol. The molecule has 3 rings (SSSR count). The van der Waals surface area contributed by atoms with Crippen LogP contribution in [0.4, 0.5) is 0 Å². The van der Waals surface area contributed by atoms with Crippen LogP contribution < -0.4 is 0 Å². The van der Waals surface area contributed by atoms with Gasteiger partial charge in [-0.25, -0.2) is 4.98 Å². The third kappa shape index (κ3) is 7.68. The summed E-state index contributed by atoms with van der Waals surface area (Å²) in [6.07, 6.45) is 0.881. The lowest BCUT2D eigenvalue weighted by Crippen LogP contribution is -2.46. The van der Waals surface area contributed by atoms with Gasteiger partial charge >= 0.3 is 8.80 Å². The number of thiazole rings is 1. The van der Waals surface area contributed by atoms with Gasteiger partial charge in [-0.1, -0.05) is 29.8 Å². The fourth-order valence-corrected chi connectivity index (χ4v) is 13.0. The first kappa shape index (κ1) is 26.4. The van der Waals surface area contributed by atoms with Crippen LogP contribution in [-0.4, -0.2) is 33.6 Å². The quantitative estimate of drug-likeness (QED) is 0.114. The molecule has 0 fully saturated rings. The Hall–Kier alpha value is -0.173. The van der Waals surface area contributed by atoms with Crippen LogP contribution >= 0.6 is 52.6 Å². The molecule has 0 atom stereocenters. The van der Waals surface area contributed by atoms with Crippen LogP contribution in [-0.2, 0) is 19.7 Å². The van der Waals surface area contributed by atoms with Crippen LogP contribution in [0.3, 0.4) is 0 Å². The van der Waals surface area contributed by atoms with Gasteiger partial charge in [0.15, 0.2) is 4.34 Å². The van der Waals surface area contributed by atoms with E-state index in [1.165, 1.54) is 20.7 Å². The van der Waals surface area contributed by atoms with Gasteiger partial charge in [0.2, 0.25) is 0 Å². The smallest absolute Gasteiger partial charge is 0.374 e. The Bertz CT molecular complexity index is 937. The summed E-state index contributed by atoms with van der Waals surface area (Å²) < 4.78 is 20.5. The van der Waals surface area contributed by atoms with E-state index in [0.717, 1.165) is 22.3 Å². The van der Waals surface area contributed by atoms with Crippen molar-refractivity contribution in [1.82, 2.24) is 4.98 Å². The maximum Gasteiger partial charge on any atom is 0.501 e. The van der Waals surface area contributed by atoms with E-state index < -0.39 is 8.80 Å². The topological polar surface area (TPSA) is 40.6 Å². The average molecular weight is 544 g/mol. The maximum absolute atomic E-state index is 6.04. The van der Waals surface area contributed by atoms with Gasteiger partial charge in [0.25, 0.3) is 0 Å². The van der Waals surface area contributed by atoms with E-state index in [-0.39, 0.29) is 0 Å². The third-order valence-electron chi connectivity index (χ3n) is 4.54. The molecule has 0 aliphatic heterocycles. The van der Waals surface area contributed by atoms with Gasteiger partial charge in [-0.3, -0.25) is 0 Å². The first-order valence-electron chi connectivity index (χ1n) is 10.6. The van der Waals surface area contributed by atoms with E-state index in [0.29, 0.717) is 19.8 Å². The van der Waals surface area contributed by atoms with E-state index in [2.05, 4.69) is 43.3 Å². The SMILES string of the molecule is CCO[Si](CCc1cc(C)ccc1SSSSc1nc2ccccc2s1)(OCC)OCC.